The van der Waals surface area contributed by atoms with Gasteiger partial charge in [0.05, 0.1) is 32.7 Å². The van der Waals surface area contributed by atoms with Crippen LogP contribution in [0.2, 0.25) is 5.02 Å². The minimum absolute atomic E-state index is 0.150. The van der Waals surface area contributed by atoms with Crippen LogP contribution in [0.4, 0.5) is 11.4 Å². The van der Waals surface area contributed by atoms with Gasteiger partial charge in [-0.15, -0.1) is 0 Å². The Labute approximate surface area is 193 Å². The fourth-order valence-electron chi connectivity index (χ4n) is 3.71. The summed E-state index contributed by atoms with van der Waals surface area (Å²) in [6, 6.07) is 8.57. The van der Waals surface area contributed by atoms with E-state index in [0.717, 1.165) is 5.69 Å². The van der Waals surface area contributed by atoms with E-state index in [1.807, 2.05) is 17.9 Å². The first-order valence-electron chi connectivity index (χ1n) is 10.3. The molecule has 8 nitrogen and oxygen atoms in total. The Morgan fingerprint density at radius 2 is 1.59 bits per heavy atom. The number of hydrogen-bond donors (Lipinski definition) is 1. The van der Waals surface area contributed by atoms with E-state index in [-0.39, 0.29) is 11.8 Å². The van der Waals surface area contributed by atoms with Gasteiger partial charge in [0, 0.05) is 43.2 Å². The first kappa shape index (κ1) is 23.5. The third kappa shape index (κ3) is 5.02. The van der Waals surface area contributed by atoms with Crippen molar-refractivity contribution in [3.8, 4) is 17.2 Å². The van der Waals surface area contributed by atoms with Crippen LogP contribution in [-0.2, 0) is 4.79 Å². The van der Waals surface area contributed by atoms with Gasteiger partial charge >= 0.3 is 0 Å². The van der Waals surface area contributed by atoms with Gasteiger partial charge in [-0.2, -0.15) is 0 Å². The van der Waals surface area contributed by atoms with Gasteiger partial charge in [0.1, 0.15) is 0 Å². The largest absolute Gasteiger partial charge is 0.493 e. The van der Waals surface area contributed by atoms with Gasteiger partial charge in [-0.1, -0.05) is 18.5 Å². The van der Waals surface area contributed by atoms with Crippen LogP contribution in [-0.4, -0.2) is 64.2 Å². The highest BCUT2D eigenvalue weighted by Gasteiger charge is 2.23. The maximum atomic E-state index is 13.1. The summed E-state index contributed by atoms with van der Waals surface area (Å²) in [6.07, 6.45) is 0.497. The van der Waals surface area contributed by atoms with Crippen molar-refractivity contribution in [3.05, 3.63) is 40.9 Å². The third-order valence-corrected chi connectivity index (χ3v) is 5.64. The van der Waals surface area contributed by atoms with Crippen LogP contribution in [0, 0.1) is 0 Å². The molecule has 0 aliphatic carbocycles. The summed E-state index contributed by atoms with van der Waals surface area (Å²) in [7, 11) is 4.50. The van der Waals surface area contributed by atoms with Crippen molar-refractivity contribution < 1.29 is 23.8 Å². The van der Waals surface area contributed by atoms with Crippen LogP contribution in [0.3, 0.4) is 0 Å². The number of carbonyl (C=O) groups is 2. The Kier molecular flexibility index (Phi) is 7.69. The Morgan fingerprint density at radius 1 is 0.969 bits per heavy atom. The molecule has 2 amide bonds. The standard InChI is InChI=1S/C23H28ClN3O5/c1-5-21(28)27-10-8-26(9-11-27)18-7-6-16(24)14-17(18)25-23(29)15-12-19(30-2)22(32-4)20(13-15)31-3/h6-7,12-14H,5,8-11H2,1-4H3,(H,25,29). The number of amides is 2. The average molecular weight is 462 g/mol. The normalized spacial score (nSPS) is 13.5. The monoisotopic (exact) mass is 461 g/mol. The second-order valence-corrected chi connectivity index (χ2v) is 7.69. The zero-order valence-corrected chi connectivity index (χ0v) is 19.5. The van der Waals surface area contributed by atoms with Crippen molar-refractivity contribution in [3.63, 3.8) is 0 Å². The van der Waals surface area contributed by atoms with E-state index in [0.29, 0.717) is 66.1 Å². The van der Waals surface area contributed by atoms with E-state index in [1.54, 1.807) is 24.3 Å². The van der Waals surface area contributed by atoms with Crippen molar-refractivity contribution >= 4 is 34.8 Å². The molecule has 0 unspecified atom stereocenters. The molecule has 0 spiro atoms. The summed E-state index contributed by atoms with van der Waals surface area (Å²) >= 11 is 6.22. The molecule has 1 N–H and O–H groups in total. The van der Waals surface area contributed by atoms with Gasteiger partial charge in [0.25, 0.3) is 5.91 Å². The second-order valence-electron chi connectivity index (χ2n) is 7.25. The molecule has 2 aromatic rings. The van der Waals surface area contributed by atoms with Gasteiger partial charge < -0.3 is 29.3 Å². The summed E-state index contributed by atoms with van der Waals surface area (Å²) < 4.78 is 16.0. The lowest BCUT2D eigenvalue weighted by Crippen LogP contribution is -2.48. The van der Waals surface area contributed by atoms with Crippen LogP contribution in [0.1, 0.15) is 23.7 Å². The molecule has 0 radical (unpaired) electrons. The Hall–Kier alpha value is -3.13. The highest BCUT2D eigenvalue weighted by Crippen LogP contribution is 2.38. The number of hydrogen-bond acceptors (Lipinski definition) is 6. The van der Waals surface area contributed by atoms with Gasteiger partial charge in [0.15, 0.2) is 11.5 Å². The number of halogens is 1. The second kappa shape index (κ2) is 10.5. The van der Waals surface area contributed by atoms with Crippen LogP contribution < -0.4 is 24.4 Å². The minimum Gasteiger partial charge on any atom is -0.493 e. The van der Waals surface area contributed by atoms with Crippen molar-refractivity contribution in [1.29, 1.82) is 0 Å². The number of methoxy groups -OCH3 is 3. The highest BCUT2D eigenvalue weighted by molar-refractivity contribution is 6.31. The maximum Gasteiger partial charge on any atom is 0.255 e. The fourth-order valence-corrected chi connectivity index (χ4v) is 3.88. The summed E-state index contributed by atoms with van der Waals surface area (Å²) in [6.45, 7) is 4.47. The summed E-state index contributed by atoms with van der Waals surface area (Å²) in [5.41, 5.74) is 1.79. The Bertz CT molecular complexity index is 965. The summed E-state index contributed by atoms with van der Waals surface area (Å²) in [5, 5.41) is 3.46. The molecular weight excluding hydrogens is 434 g/mol. The maximum absolute atomic E-state index is 13.1. The Morgan fingerprint density at radius 3 is 2.12 bits per heavy atom. The van der Waals surface area contributed by atoms with E-state index >= 15 is 0 Å². The molecule has 3 rings (SSSR count). The van der Waals surface area contributed by atoms with Crippen molar-refractivity contribution in [1.82, 2.24) is 4.90 Å². The van der Waals surface area contributed by atoms with Gasteiger partial charge in [-0.05, 0) is 30.3 Å². The van der Waals surface area contributed by atoms with E-state index in [1.165, 1.54) is 21.3 Å². The molecule has 1 heterocycles. The molecule has 9 heteroatoms. The summed E-state index contributed by atoms with van der Waals surface area (Å²) in [4.78, 5) is 29.1. The molecule has 0 atom stereocenters. The van der Waals surface area contributed by atoms with Crippen LogP contribution in [0.5, 0.6) is 17.2 Å². The first-order chi connectivity index (χ1) is 15.4. The lowest BCUT2D eigenvalue weighted by molar-refractivity contribution is -0.131. The summed E-state index contributed by atoms with van der Waals surface area (Å²) in [5.74, 6) is 0.999. The quantitative estimate of drug-likeness (QED) is 0.677. The Balaban J connectivity index is 1.85. The lowest BCUT2D eigenvalue weighted by Gasteiger charge is -2.37. The predicted octanol–water partition coefficient (Wildman–Crippen LogP) is 3.68. The number of ether oxygens (including phenoxy) is 3. The van der Waals surface area contributed by atoms with Crippen molar-refractivity contribution in [2.24, 2.45) is 0 Å². The van der Waals surface area contributed by atoms with Crippen LogP contribution in [0.15, 0.2) is 30.3 Å². The minimum atomic E-state index is -0.340. The molecule has 32 heavy (non-hydrogen) atoms. The number of nitrogens with zero attached hydrogens (tertiary/aromatic N) is 2. The molecule has 0 saturated carbocycles. The van der Waals surface area contributed by atoms with E-state index in [2.05, 4.69) is 10.2 Å². The molecular formula is C23H28ClN3O5. The fraction of sp³-hybridized carbons (Fsp3) is 0.391. The van der Waals surface area contributed by atoms with Crippen molar-refractivity contribution in [2.75, 3.05) is 57.7 Å². The van der Waals surface area contributed by atoms with Gasteiger partial charge in [-0.3, -0.25) is 9.59 Å². The number of anilines is 2. The number of piperazine rings is 1. The van der Waals surface area contributed by atoms with Gasteiger partial charge in [-0.25, -0.2) is 0 Å². The zero-order chi connectivity index (χ0) is 23.3. The van der Waals surface area contributed by atoms with Gasteiger partial charge in [0.2, 0.25) is 11.7 Å². The topological polar surface area (TPSA) is 80.3 Å². The molecule has 1 saturated heterocycles. The molecule has 1 aliphatic heterocycles. The van der Waals surface area contributed by atoms with E-state index in [9.17, 15) is 9.59 Å². The number of benzene rings is 2. The highest BCUT2D eigenvalue weighted by atomic mass is 35.5. The number of rotatable bonds is 7. The molecule has 1 aliphatic rings. The van der Waals surface area contributed by atoms with E-state index < -0.39 is 0 Å². The first-order valence-corrected chi connectivity index (χ1v) is 10.7. The van der Waals surface area contributed by atoms with Crippen LogP contribution in [0.25, 0.3) is 0 Å². The third-order valence-electron chi connectivity index (χ3n) is 5.41. The zero-order valence-electron chi connectivity index (χ0n) is 18.7. The number of carbonyl (C=O) groups excluding carboxylic acids is 2. The van der Waals surface area contributed by atoms with E-state index in [4.69, 9.17) is 25.8 Å². The SMILES string of the molecule is CCC(=O)N1CCN(c2ccc(Cl)cc2NC(=O)c2cc(OC)c(OC)c(OC)c2)CC1. The molecule has 1 fully saturated rings. The average Bonchev–Trinajstić information content (AvgIpc) is 2.82. The molecule has 172 valence electrons. The lowest BCUT2D eigenvalue weighted by atomic mass is 10.1. The molecule has 2 aromatic carbocycles. The predicted molar refractivity (Wildman–Crippen MR) is 125 cm³/mol. The number of nitrogens with one attached hydrogen (secondary N) is 1. The molecule has 0 bridgehead atoms. The van der Waals surface area contributed by atoms with Crippen LogP contribution >= 0.6 is 11.6 Å². The van der Waals surface area contributed by atoms with Crippen molar-refractivity contribution in [2.45, 2.75) is 13.3 Å². The smallest absolute Gasteiger partial charge is 0.255 e. The molecule has 0 aromatic heterocycles.